The fourth-order valence-corrected chi connectivity index (χ4v) is 1.46. The second-order valence-electron chi connectivity index (χ2n) is 5.19. The molecular weight excluding hydrogens is 244 g/mol. The molecule has 0 rings (SSSR count). The van der Waals surface area contributed by atoms with Gasteiger partial charge in [-0.2, -0.15) is 0 Å². The van der Waals surface area contributed by atoms with Gasteiger partial charge in [-0.3, -0.25) is 4.79 Å². The third-order valence-electron chi connectivity index (χ3n) is 3.05. The van der Waals surface area contributed by atoms with Crippen molar-refractivity contribution in [2.45, 2.75) is 65.4 Å². The summed E-state index contributed by atoms with van der Waals surface area (Å²) in [5.74, 6) is -0.0985. The molecule has 0 aromatic heterocycles. The molecule has 0 atom stereocenters. The molecule has 0 N–H and O–H groups in total. The molecule has 0 amide bonds. The predicted octanol–water partition coefficient (Wildman–Crippen LogP) is 3.33. The maximum Gasteiger partial charge on any atom is 0.305 e. The maximum atomic E-state index is 11.1. The van der Waals surface area contributed by atoms with Crippen LogP contribution in [0.3, 0.4) is 0 Å². The van der Waals surface area contributed by atoms with Crippen molar-refractivity contribution in [3.63, 3.8) is 0 Å². The second kappa shape index (κ2) is 11.2. The summed E-state index contributed by atoms with van der Waals surface area (Å²) >= 11 is 0. The van der Waals surface area contributed by atoms with E-state index in [9.17, 15) is 4.79 Å². The van der Waals surface area contributed by atoms with Crippen LogP contribution in [0.1, 0.15) is 59.8 Å². The van der Waals surface area contributed by atoms with E-state index >= 15 is 0 Å². The number of rotatable bonds is 12. The zero-order chi connectivity index (χ0) is 14.6. The van der Waals surface area contributed by atoms with Crippen LogP contribution < -0.4 is 0 Å². The van der Waals surface area contributed by atoms with E-state index in [1.807, 2.05) is 6.92 Å². The van der Waals surface area contributed by atoms with Crippen molar-refractivity contribution in [3.8, 4) is 0 Å². The number of ether oxygens (including phenoxy) is 3. The SMILES string of the molecule is CCOC(=O)CCCCCOCCOC(C)(C)CC. The Kier molecular flexibility index (Phi) is 10.9. The van der Waals surface area contributed by atoms with Crippen LogP contribution in [0.2, 0.25) is 0 Å². The van der Waals surface area contributed by atoms with Gasteiger partial charge in [0.15, 0.2) is 0 Å². The normalized spacial score (nSPS) is 11.6. The van der Waals surface area contributed by atoms with Gasteiger partial charge in [-0.25, -0.2) is 0 Å². The molecule has 0 radical (unpaired) electrons. The summed E-state index contributed by atoms with van der Waals surface area (Å²) in [6, 6.07) is 0. The van der Waals surface area contributed by atoms with Gasteiger partial charge in [0.1, 0.15) is 0 Å². The summed E-state index contributed by atoms with van der Waals surface area (Å²) < 4.78 is 16.0. The molecule has 0 unspecified atom stereocenters. The number of hydrogen-bond donors (Lipinski definition) is 0. The van der Waals surface area contributed by atoms with E-state index in [4.69, 9.17) is 14.2 Å². The molecule has 0 fully saturated rings. The molecule has 0 aliphatic carbocycles. The third kappa shape index (κ3) is 12.2. The molecule has 19 heavy (non-hydrogen) atoms. The van der Waals surface area contributed by atoms with Crippen LogP contribution in [0.25, 0.3) is 0 Å². The number of hydrogen-bond acceptors (Lipinski definition) is 4. The average Bonchev–Trinajstić information content (AvgIpc) is 2.37. The Balaban J connectivity index is 3.21. The molecular formula is C15H30O4. The van der Waals surface area contributed by atoms with E-state index in [1.54, 1.807) is 0 Å². The minimum atomic E-state index is -0.0985. The van der Waals surface area contributed by atoms with Crippen molar-refractivity contribution in [3.05, 3.63) is 0 Å². The van der Waals surface area contributed by atoms with Crippen molar-refractivity contribution in [1.29, 1.82) is 0 Å². The first-order chi connectivity index (χ1) is 9.02. The smallest absolute Gasteiger partial charge is 0.305 e. The van der Waals surface area contributed by atoms with E-state index in [1.165, 1.54) is 0 Å². The highest BCUT2D eigenvalue weighted by molar-refractivity contribution is 5.69. The van der Waals surface area contributed by atoms with Gasteiger partial charge in [-0.05, 0) is 40.0 Å². The topological polar surface area (TPSA) is 44.8 Å². The Morgan fingerprint density at radius 3 is 2.37 bits per heavy atom. The van der Waals surface area contributed by atoms with Crippen molar-refractivity contribution in [2.24, 2.45) is 0 Å². The van der Waals surface area contributed by atoms with Gasteiger partial charge >= 0.3 is 5.97 Å². The van der Waals surface area contributed by atoms with E-state index in [0.717, 1.165) is 32.3 Å². The van der Waals surface area contributed by atoms with E-state index in [0.29, 0.717) is 26.2 Å². The molecule has 0 bridgehead atoms. The summed E-state index contributed by atoms with van der Waals surface area (Å²) in [7, 11) is 0. The molecule has 4 heteroatoms. The first-order valence-corrected chi connectivity index (χ1v) is 7.39. The molecule has 0 aliphatic rings. The highest BCUT2D eigenvalue weighted by Gasteiger charge is 2.14. The lowest BCUT2D eigenvalue weighted by Gasteiger charge is -2.23. The zero-order valence-electron chi connectivity index (χ0n) is 13.0. The summed E-state index contributed by atoms with van der Waals surface area (Å²) in [6.07, 6.45) is 4.38. The number of esters is 1. The molecule has 0 spiro atoms. The summed E-state index contributed by atoms with van der Waals surface area (Å²) in [5, 5.41) is 0. The Morgan fingerprint density at radius 1 is 1.00 bits per heavy atom. The van der Waals surface area contributed by atoms with Gasteiger partial charge in [-0.15, -0.1) is 0 Å². The molecule has 0 aromatic carbocycles. The largest absolute Gasteiger partial charge is 0.466 e. The number of carbonyl (C=O) groups is 1. The van der Waals surface area contributed by atoms with Crippen LogP contribution in [0, 0.1) is 0 Å². The summed E-state index contributed by atoms with van der Waals surface area (Å²) in [5.41, 5.74) is -0.0526. The fraction of sp³-hybridized carbons (Fsp3) is 0.933. The minimum absolute atomic E-state index is 0.0526. The maximum absolute atomic E-state index is 11.1. The first-order valence-electron chi connectivity index (χ1n) is 7.39. The highest BCUT2D eigenvalue weighted by Crippen LogP contribution is 2.12. The summed E-state index contributed by atoms with van der Waals surface area (Å²) in [6.45, 7) is 10.6. The monoisotopic (exact) mass is 274 g/mol. The van der Waals surface area contributed by atoms with Crippen LogP contribution >= 0.6 is 0 Å². The minimum Gasteiger partial charge on any atom is -0.466 e. The summed E-state index contributed by atoms with van der Waals surface area (Å²) in [4.78, 5) is 11.1. The van der Waals surface area contributed by atoms with Crippen LogP contribution in [-0.2, 0) is 19.0 Å². The molecule has 0 saturated heterocycles. The van der Waals surface area contributed by atoms with Crippen LogP contribution in [0.5, 0.6) is 0 Å². The zero-order valence-corrected chi connectivity index (χ0v) is 13.0. The first kappa shape index (κ1) is 18.4. The second-order valence-corrected chi connectivity index (χ2v) is 5.19. The predicted molar refractivity (Wildman–Crippen MR) is 76.2 cm³/mol. The van der Waals surface area contributed by atoms with Gasteiger partial charge < -0.3 is 14.2 Å². The van der Waals surface area contributed by atoms with Crippen molar-refractivity contribution in [1.82, 2.24) is 0 Å². The Hall–Kier alpha value is -0.610. The van der Waals surface area contributed by atoms with Gasteiger partial charge in [0.25, 0.3) is 0 Å². The highest BCUT2D eigenvalue weighted by atomic mass is 16.5. The Morgan fingerprint density at radius 2 is 1.74 bits per heavy atom. The van der Waals surface area contributed by atoms with Crippen LogP contribution in [-0.4, -0.2) is 38.0 Å². The Bertz CT molecular complexity index is 226. The third-order valence-corrected chi connectivity index (χ3v) is 3.05. The van der Waals surface area contributed by atoms with E-state index in [-0.39, 0.29) is 11.6 Å². The quantitative estimate of drug-likeness (QED) is 0.404. The number of unbranched alkanes of at least 4 members (excludes halogenated alkanes) is 2. The lowest BCUT2D eigenvalue weighted by molar-refractivity contribution is -0.143. The van der Waals surface area contributed by atoms with E-state index < -0.39 is 0 Å². The van der Waals surface area contributed by atoms with Gasteiger partial charge in [-0.1, -0.05) is 13.3 Å². The molecule has 0 saturated carbocycles. The van der Waals surface area contributed by atoms with Gasteiger partial charge in [0.2, 0.25) is 0 Å². The molecule has 4 nitrogen and oxygen atoms in total. The molecule has 0 heterocycles. The fourth-order valence-electron chi connectivity index (χ4n) is 1.46. The Labute approximate surface area is 117 Å². The molecule has 0 aliphatic heterocycles. The van der Waals surface area contributed by atoms with Crippen molar-refractivity contribution >= 4 is 5.97 Å². The van der Waals surface area contributed by atoms with Gasteiger partial charge in [0, 0.05) is 13.0 Å². The lowest BCUT2D eigenvalue weighted by atomic mass is 10.1. The van der Waals surface area contributed by atoms with Crippen molar-refractivity contribution < 1.29 is 19.0 Å². The van der Waals surface area contributed by atoms with E-state index in [2.05, 4.69) is 20.8 Å². The van der Waals surface area contributed by atoms with Gasteiger partial charge in [0.05, 0.1) is 25.4 Å². The lowest BCUT2D eigenvalue weighted by Crippen LogP contribution is -2.25. The number of carbonyl (C=O) groups excluding carboxylic acids is 1. The van der Waals surface area contributed by atoms with Crippen LogP contribution in [0.4, 0.5) is 0 Å². The van der Waals surface area contributed by atoms with Crippen LogP contribution in [0.15, 0.2) is 0 Å². The van der Waals surface area contributed by atoms with Crippen molar-refractivity contribution in [2.75, 3.05) is 26.4 Å². The standard InChI is InChI=1S/C15H30O4/c1-5-15(3,4)19-13-12-17-11-9-7-8-10-14(16)18-6-2/h5-13H2,1-4H3. The molecule has 0 aromatic rings. The average molecular weight is 274 g/mol. The molecule has 114 valence electrons.